The Bertz CT molecular complexity index is 611. The van der Waals surface area contributed by atoms with Crippen LogP contribution in [-0.4, -0.2) is 19.0 Å². The smallest absolute Gasteiger partial charge is 0.239 e. The van der Waals surface area contributed by atoms with Crippen LogP contribution < -0.4 is 10.6 Å². The molecule has 3 nitrogen and oxygen atoms in total. The molecule has 0 unspecified atom stereocenters. The number of carbonyl (C=O) groups excluding carboxylic acids is 1. The molecule has 4 heteroatoms. The van der Waals surface area contributed by atoms with Crippen LogP contribution in [0.1, 0.15) is 18.1 Å². The summed E-state index contributed by atoms with van der Waals surface area (Å²) in [6.45, 7) is 3.01. The molecule has 0 atom stereocenters. The fourth-order valence-corrected chi connectivity index (χ4v) is 2.35. The van der Waals surface area contributed by atoms with Crippen LogP contribution in [0.5, 0.6) is 0 Å². The van der Waals surface area contributed by atoms with Crippen LogP contribution in [0.2, 0.25) is 5.02 Å². The van der Waals surface area contributed by atoms with E-state index in [4.69, 9.17) is 11.6 Å². The van der Waals surface area contributed by atoms with Crippen LogP contribution >= 0.6 is 11.6 Å². The molecule has 0 fully saturated rings. The molecular formula is C18H21ClN2O. The Morgan fingerprint density at radius 2 is 1.86 bits per heavy atom. The number of benzene rings is 2. The Labute approximate surface area is 136 Å². The molecule has 0 saturated heterocycles. The summed E-state index contributed by atoms with van der Waals surface area (Å²) in [5.41, 5.74) is 3.37. The van der Waals surface area contributed by atoms with Crippen molar-refractivity contribution < 1.29 is 4.79 Å². The van der Waals surface area contributed by atoms with E-state index in [-0.39, 0.29) is 12.5 Å². The van der Waals surface area contributed by atoms with E-state index in [0.717, 1.165) is 29.1 Å². The van der Waals surface area contributed by atoms with Gasteiger partial charge < -0.3 is 10.6 Å². The Kier molecular flexibility index (Phi) is 6.28. The molecule has 0 aromatic heterocycles. The molecule has 1 amide bonds. The largest absolute Gasteiger partial charge is 0.376 e. The second-order valence-electron chi connectivity index (χ2n) is 5.13. The van der Waals surface area contributed by atoms with Gasteiger partial charge in [0.2, 0.25) is 5.91 Å². The lowest BCUT2D eigenvalue weighted by Gasteiger charge is -2.08. The number of rotatable bonds is 7. The molecule has 0 heterocycles. The molecule has 0 bridgehead atoms. The molecule has 0 radical (unpaired) electrons. The highest BCUT2D eigenvalue weighted by Gasteiger charge is 2.01. The summed E-state index contributed by atoms with van der Waals surface area (Å²) in [4.78, 5) is 11.8. The normalized spacial score (nSPS) is 10.3. The van der Waals surface area contributed by atoms with E-state index in [1.165, 1.54) is 5.56 Å². The van der Waals surface area contributed by atoms with Crippen molar-refractivity contribution >= 4 is 23.2 Å². The minimum absolute atomic E-state index is 0.0124. The molecular weight excluding hydrogens is 296 g/mol. The number of carbonyl (C=O) groups is 1. The highest BCUT2D eigenvalue weighted by molar-refractivity contribution is 6.30. The lowest BCUT2D eigenvalue weighted by Crippen LogP contribution is -2.31. The summed E-state index contributed by atoms with van der Waals surface area (Å²) in [6.07, 6.45) is 1.79. The summed E-state index contributed by atoms with van der Waals surface area (Å²) >= 11 is 5.93. The quantitative estimate of drug-likeness (QED) is 0.818. The van der Waals surface area contributed by atoms with Crippen molar-refractivity contribution in [3.8, 4) is 0 Å². The Hall–Kier alpha value is -2.00. The van der Waals surface area contributed by atoms with Gasteiger partial charge in [0.25, 0.3) is 0 Å². The molecule has 0 spiro atoms. The van der Waals surface area contributed by atoms with E-state index >= 15 is 0 Å². The molecule has 0 aliphatic heterocycles. The zero-order chi connectivity index (χ0) is 15.8. The highest BCUT2D eigenvalue weighted by atomic mass is 35.5. The average Bonchev–Trinajstić information content (AvgIpc) is 2.53. The fourth-order valence-electron chi connectivity index (χ4n) is 2.14. The Balaban J connectivity index is 1.69. The van der Waals surface area contributed by atoms with E-state index in [0.29, 0.717) is 6.54 Å². The number of aryl methyl sites for hydroxylation is 1. The van der Waals surface area contributed by atoms with Gasteiger partial charge in [-0.3, -0.25) is 4.79 Å². The molecule has 2 aromatic rings. The predicted octanol–water partition coefficient (Wildman–Crippen LogP) is 3.67. The van der Waals surface area contributed by atoms with Crippen molar-refractivity contribution in [2.24, 2.45) is 0 Å². The maximum atomic E-state index is 11.8. The minimum Gasteiger partial charge on any atom is -0.376 e. The molecule has 2 aromatic carbocycles. The SMILES string of the molecule is CCc1ccc(NCC(=O)NCCc2cccc(Cl)c2)cc1. The molecule has 2 rings (SSSR count). The number of nitrogens with one attached hydrogen (secondary N) is 2. The first kappa shape index (κ1) is 16.4. The Morgan fingerprint density at radius 1 is 1.09 bits per heavy atom. The second kappa shape index (κ2) is 8.44. The van der Waals surface area contributed by atoms with Gasteiger partial charge in [0, 0.05) is 17.3 Å². The zero-order valence-corrected chi connectivity index (χ0v) is 13.5. The van der Waals surface area contributed by atoms with Crippen LogP contribution in [0.25, 0.3) is 0 Å². The lowest BCUT2D eigenvalue weighted by atomic mass is 10.1. The summed E-state index contributed by atoms with van der Waals surface area (Å²) in [5.74, 6) is -0.0124. The number of amides is 1. The van der Waals surface area contributed by atoms with Crippen LogP contribution in [0.3, 0.4) is 0 Å². The third kappa shape index (κ3) is 5.41. The van der Waals surface area contributed by atoms with E-state index in [9.17, 15) is 4.79 Å². The summed E-state index contributed by atoms with van der Waals surface area (Å²) in [5, 5.41) is 6.74. The van der Waals surface area contributed by atoms with Crippen LogP contribution in [0.15, 0.2) is 48.5 Å². The third-order valence-corrected chi connectivity index (χ3v) is 3.68. The van der Waals surface area contributed by atoms with Crippen LogP contribution in [0, 0.1) is 0 Å². The minimum atomic E-state index is -0.0124. The number of anilines is 1. The molecule has 2 N–H and O–H groups in total. The standard InChI is InChI=1S/C18H21ClN2O/c1-2-14-6-8-17(9-7-14)21-13-18(22)20-11-10-15-4-3-5-16(19)12-15/h3-9,12,21H,2,10-11,13H2,1H3,(H,20,22). The summed E-state index contributed by atoms with van der Waals surface area (Å²) in [7, 11) is 0. The first-order valence-electron chi connectivity index (χ1n) is 7.51. The second-order valence-corrected chi connectivity index (χ2v) is 5.57. The van der Waals surface area contributed by atoms with Gasteiger partial charge in [-0.15, -0.1) is 0 Å². The summed E-state index contributed by atoms with van der Waals surface area (Å²) in [6, 6.07) is 15.8. The van der Waals surface area contributed by atoms with Gasteiger partial charge in [-0.2, -0.15) is 0 Å². The van der Waals surface area contributed by atoms with Crippen molar-refractivity contribution in [2.45, 2.75) is 19.8 Å². The molecule has 116 valence electrons. The molecule has 0 saturated carbocycles. The molecule has 0 aliphatic rings. The van der Waals surface area contributed by atoms with Crippen LogP contribution in [0.4, 0.5) is 5.69 Å². The number of halogens is 1. The van der Waals surface area contributed by atoms with E-state index in [1.54, 1.807) is 0 Å². The van der Waals surface area contributed by atoms with Crippen molar-refractivity contribution in [3.05, 3.63) is 64.7 Å². The first-order valence-corrected chi connectivity index (χ1v) is 7.89. The fraction of sp³-hybridized carbons (Fsp3) is 0.278. The van der Waals surface area contributed by atoms with Crippen LogP contribution in [-0.2, 0) is 17.6 Å². The van der Waals surface area contributed by atoms with E-state index < -0.39 is 0 Å². The maximum Gasteiger partial charge on any atom is 0.239 e. The average molecular weight is 317 g/mol. The van der Waals surface area contributed by atoms with Gasteiger partial charge in [0.05, 0.1) is 6.54 Å². The monoisotopic (exact) mass is 316 g/mol. The number of hydrogen-bond donors (Lipinski definition) is 2. The first-order chi connectivity index (χ1) is 10.7. The van der Waals surface area contributed by atoms with Gasteiger partial charge in [-0.05, 0) is 48.2 Å². The van der Waals surface area contributed by atoms with Gasteiger partial charge in [-0.1, -0.05) is 42.8 Å². The predicted molar refractivity (Wildman–Crippen MR) is 92.5 cm³/mol. The van der Waals surface area contributed by atoms with Gasteiger partial charge in [-0.25, -0.2) is 0 Å². The van der Waals surface area contributed by atoms with Crippen molar-refractivity contribution in [1.29, 1.82) is 0 Å². The molecule has 22 heavy (non-hydrogen) atoms. The van der Waals surface area contributed by atoms with Gasteiger partial charge in [0.15, 0.2) is 0 Å². The number of hydrogen-bond acceptors (Lipinski definition) is 2. The van der Waals surface area contributed by atoms with E-state index in [2.05, 4.69) is 29.7 Å². The summed E-state index contributed by atoms with van der Waals surface area (Å²) < 4.78 is 0. The van der Waals surface area contributed by atoms with Crippen molar-refractivity contribution in [3.63, 3.8) is 0 Å². The topological polar surface area (TPSA) is 41.1 Å². The van der Waals surface area contributed by atoms with Crippen molar-refractivity contribution in [1.82, 2.24) is 5.32 Å². The third-order valence-electron chi connectivity index (χ3n) is 3.44. The van der Waals surface area contributed by atoms with Gasteiger partial charge >= 0.3 is 0 Å². The maximum absolute atomic E-state index is 11.8. The van der Waals surface area contributed by atoms with Crippen molar-refractivity contribution in [2.75, 3.05) is 18.4 Å². The van der Waals surface area contributed by atoms with Gasteiger partial charge in [0.1, 0.15) is 0 Å². The zero-order valence-electron chi connectivity index (χ0n) is 12.7. The lowest BCUT2D eigenvalue weighted by molar-refractivity contribution is -0.119. The Morgan fingerprint density at radius 3 is 2.55 bits per heavy atom. The molecule has 0 aliphatic carbocycles. The highest BCUT2D eigenvalue weighted by Crippen LogP contribution is 2.11. The van der Waals surface area contributed by atoms with E-state index in [1.807, 2.05) is 36.4 Å².